The maximum absolute atomic E-state index is 13.0. The van der Waals surface area contributed by atoms with E-state index in [1.54, 1.807) is 17.6 Å². The first kappa shape index (κ1) is 16.2. The topological polar surface area (TPSA) is 95.9 Å². The average molecular weight is 340 g/mol. The summed E-state index contributed by atoms with van der Waals surface area (Å²) in [5.41, 5.74) is 1.63. The van der Waals surface area contributed by atoms with E-state index in [1.807, 2.05) is 0 Å². The van der Waals surface area contributed by atoms with Crippen LogP contribution in [0.3, 0.4) is 0 Å². The molecular formula is C15H20N2O5S. The van der Waals surface area contributed by atoms with Gasteiger partial charge in [-0.3, -0.25) is 10.0 Å². The fraction of sp³-hybridized carbons (Fsp3) is 0.533. The predicted molar refractivity (Wildman–Crippen MR) is 81.5 cm³/mol. The first-order chi connectivity index (χ1) is 11.0. The number of amides is 1. The Labute approximate surface area is 135 Å². The number of sulfonamides is 1. The van der Waals surface area contributed by atoms with Crippen molar-refractivity contribution in [1.29, 1.82) is 0 Å². The Balaban J connectivity index is 2.00. The van der Waals surface area contributed by atoms with Crippen molar-refractivity contribution in [3.8, 4) is 5.75 Å². The van der Waals surface area contributed by atoms with Crippen LogP contribution in [0.15, 0.2) is 29.2 Å². The van der Waals surface area contributed by atoms with Crippen LogP contribution in [0.4, 0.5) is 0 Å². The lowest BCUT2D eigenvalue weighted by atomic mass is 9.76. The van der Waals surface area contributed by atoms with Gasteiger partial charge in [-0.05, 0) is 55.9 Å². The van der Waals surface area contributed by atoms with Gasteiger partial charge in [-0.15, -0.1) is 0 Å². The number of nitrogens with one attached hydrogen (secondary N) is 1. The molecule has 1 amide bonds. The normalized spacial score (nSPS) is 27.7. The van der Waals surface area contributed by atoms with Crippen LogP contribution in [-0.2, 0) is 14.8 Å². The number of ether oxygens (including phenoxy) is 1. The molecule has 4 rings (SSSR count). The molecular weight excluding hydrogens is 320 g/mol. The molecule has 0 radical (unpaired) electrons. The molecule has 1 aliphatic carbocycles. The minimum Gasteiger partial charge on any atom is -0.497 e. The zero-order valence-corrected chi connectivity index (χ0v) is 13.6. The van der Waals surface area contributed by atoms with Gasteiger partial charge in [0.2, 0.25) is 10.0 Å². The van der Waals surface area contributed by atoms with Crippen molar-refractivity contribution in [2.75, 3.05) is 7.11 Å². The average Bonchev–Trinajstić information content (AvgIpc) is 2.61. The maximum atomic E-state index is 13.0. The summed E-state index contributed by atoms with van der Waals surface area (Å²) in [6.45, 7) is 0. The molecule has 2 N–H and O–H groups in total. The molecule has 1 aromatic carbocycles. The summed E-state index contributed by atoms with van der Waals surface area (Å²) >= 11 is 0. The van der Waals surface area contributed by atoms with Gasteiger partial charge in [-0.2, -0.15) is 4.31 Å². The van der Waals surface area contributed by atoms with Crippen molar-refractivity contribution in [3.05, 3.63) is 24.3 Å². The molecule has 3 fully saturated rings. The van der Waals surface area contributed by atoms with E-state index < -0.39 is 22.0 Å². The standard InChI is InChI=1S/C15H20N2O5S/c1-22-12-6-8-13(9-7-12)23(20,21)17-11-4-2-10(3-5-11)14(17)15(18)16-19/h6-11,14,19H,2-5H2,1H3,(H,16,18). The minimum atomic E-state index is -3.82. The molecule has 1 atom stereocenters. The lowest BCUT2D eigenvalue weighted by Crippen LogP contribution is -2.62. The van der Waals surface area contributed by atoms with Gasteiger partial charge < -0.3 is 4.74 Å². The van der Waals surface area contributed by atoms with E-state index in [0.29, 0.717) is 5.75 Å². The molecule has 0 aromatic heterocycles. The summed E-state index contributed by atoms with van der Waals surface area (Å²) in [7, 11) is -2.31. The summed E-state index contributed by atoms with van der Waals surface area (Å²) in [6.07, 6.45) is 3.10. The Morgan fingerprint density at radius 2 is 1.83 bits per heavy atom. The number of benzene rings is 1. The summed E-state index contributed by atoms with van der Waals surface area (Å²) in [5, 5.41) is 9.00. The number of piperidine rings is 2. The number of hydroxylamine groups is 1. The van der Waals surface area contributed by atoms with Crippen LogP contribution in [0.25, 0.3) is 0 Å². The van der Waals surface area contributed by atoms with Crippen molar-refractivity contribution in [2.45, 2.75) is 42.7 Å². The highest BCUT2D eigenvalue weighted by Gasteiger charge is 2.50. The van der Waals surface area contributed by atoms with Gasteiger partial charge in [0.05, 0.1) is 12.0 Å². The third-order valence-corrected chi connectivity index (χ3v) is 6.78. The minimum absolute atomic E-state index is 0.0554. The van der Waals surface area contributed by atoms with E-state index >= 15 is 0 Å². The van der Waals surface area contributed by atoms with Crippen LogP contribution in [-0.4, -0.2) is 43.0 Å². The third-order valence-electron chi connectivity index (χ3n) is 4.84. The summed E-state index contributed by atoms with van der Waals surface area (Å²) in [5.74, 6) is -0.148. The number of carbonyl (C=O) groups excluding carboxylic acids is 1. The van der Waals surface area contributed by atoms with Gasteiger partial charge >= 0.3 is 0 Å². The summed E-state index contributed by atoms with van der Waals surface area (Å²) < 4.78 is 32.4. The van der Waals surface area contributed by atoms with Crippen molar-refractivity contribution in [2.24, 2.45) is 5.92 Å². The zero-order chi connectivity index (χ0) is 16.6. The second-order valence-electron chi connectivity index (χ2n) is 6.00. The molecule has 126 valence electrons. The molecule has 2 saturated heterocycles. The summed E-state index contributed by atoms with van der Waals surface area (Å²) in [6, 6.07) is 5.07. The van der Waals surface area contributed by atoms with E-state index in [1.165, 1.54) is 23.5 Å². The lowest BCUT2D eigenvalue weighted by molar-refractivity contribution is -0.139. The molecule has 7 nitrogen and oxygen atoms in total. The molecule has 1 saturated carbocycles. The first-order valence-corrected chi connectivity index (χ1v) is 9.04. The molecule has 2 aliphatic heterocycles. The predicted octanol–water partition coefficient (Wildman–Crippen LogP) is 1.13. The maximum Gasteiger partial charge on any atom is 0.262 e. The van der Waals surface area contributed by atoms with Crippen LogP contribution in [0.1, 0.15) is 25.7 Å². The van der Waals surface area contributed by atoms with Crippen LogP contribution in [0, 0.1) is 5.92 Å². The number of hydrogen-bond acceptors (Lipinski definition) is 5. The Kier molecular flexibility index (Phi) is 4.31. The van der Waals surface area contributed by atoms with Crippen molar-refractivity contribution in [3.63, 3.8) is 0 Å². The van der Waals surface area contributed by atoms with Crippen LogP contribution < -0.4 is 10.2 Å². The number of rotatable bonds is 4. The van der Waals surface area contributed by atoms with Gasteiger partial charge in [0.15, 0.2) is 0 Å². The second-order valence-corrected chi connectivity index (χ2v) is 7.84. The second kappa shape index (κ2) is 6.10. The van der Waals surface area contributed by atoms with Gasteiger partial charge in [0, 0.05) is 6.04 Å². The number of methoxy groups -OCH3 is 1. The SMILES string of the molecule is COc1ccc(S(=O)(=O)N2C3CCC(CC3)C2C(=O)NO)cc1. The molecule has 23 heavy (non-hydrogen) atoms. The third kappa shape index (κ3) is 2.71. The fourth-order valence-electron chi connectivity index (χ4n) is 3.72. The highest BCUT2D eigenvalue weighted by Crippen LogP contribution is 2.42. The molecule has 1 unspecified atom stereocenters. The number of hydrogen-bond donors (Lipinski definition) is 2. The number of nitrogens with zero attached hydrogens (tertiary/aromatic N) is 1. The van der Waals surface area contributed by atoms with E-state index in [9.17, 15) is 13.2 Å². The molecule has 1 aromatic rings. The van der Waals surface area contributed by atoms with Gasteiger partial charge in [0.1, 0.15) is 11.8 Å². The largest absolute Gasteiger partial charge is 0.497 e. The molecule has 3 aliphatic rings. The highest BCUT2D eigenvalue weighted by molar-refractivity contribution is 7.89. The number of carbonyl (C=O) groups is 1. The molecule has 0 spiro atoms. The Morgan fingerprint density at radius 3 is 2.35 bits per heavy atom. The van der Waals surface area contributed by atoms with Gasteiger partial charge in [-0.1, -0.05) is 0 Å². The van der Waals surface area contributed by atoms with Crippen molar-refractivity contribution < 1.29 is 23.2 Å². The van der Waals surface area contributed by atoms with Gasteiger partial charge in [-0.25, -0.2) is 13.9 Å². The number of fused-ring (bicyclic) bond motifs is 3. The Morgan fingerprint density at radius 1 is 1.22 bits per heavy atom. The first-order valence-electron chi connectivity index (χ1n) is 7.60. The van der Waals surface area contributed by atoms with Crippen molar-refractivity contribution >= 4 is 15.9 Å². The van der Waals surface area contributed by atoms with E-state index in [-0.39, 0.29) is 16.9 Å². The van der Waals surface area contributed by atoms with E-state index in [2.05, 4.69) is 0 Å². The van der Waals surface area contributed by atoms with Gasteiger partial charge in [0.25, 0.3) is 5.91 Å². The molecule has 2 heterocycles. The van der Waals surface area contributed by atoms with Crippen LogP contribution in [0.5, 0.6) is 5.75 Å². The molecule has 2 bridgehead atoms. The zero-order valence-electron chi connectivity index (χ0n) is 12.8. The smallest absolute Gasteiger partial charge is 0.262 e. The monoisotopic (exact) mass is 340 g/mol. The fourth-order valence-corrected chi connectivity index (χ4v) is 5.61. The van der Waals surface area contributed by atoms with Crippen molar-refractivity contribution in [1.82, 2.24) is 9.79 Å². The quantitative estimate of drug-likeness (QED) is 0.633. The molecule has 8 heteroatoms. The Hall–Kier alpha value is -1.64. The van der Waals surface area contributed by atoms with E-state index in [0.717, 1.165) is 25.7 Å². The Bertz CT molecular complexity index is 680. The lowest BCUT2D eigenvalue weighted by Gasteiger charge is -2.49. The summed E-state index contributed by atoms with van der Waals surface area (Å²) in [4.78, 5) is 12.2. The highest BCUT2D eigenvalue weighted by atomic mass is 32.2. The van der Waals surface area contributed by atoms with Crippen LogP contribution in [0.2, 0.25) is 0 Å². The van der Waals surface area contributed by atoms with E-state index in [4.69, 9.17) is 9.94 Å². The van der Waals surface area contributed by atoms with Crippen LogP contribution >= 0.6 is 0 Å².